The minimum atomic E-state index is -0.809. The van der Waals surface area contributed by atoms with Crippen LogP contribution in [-0.2, 0) is 17.9 Å². The van der Waals surface area contributed by atoms with Crippen LogP contribution in [0.4, 0.5) is 0 Å². The summed E-state index contributed by atoms with van der Waals surface area (Å²) in [7, 11) is 0. The highest BCUT2D eigenvalue weighted by Crippen LogP contribution is 2.25. The second-order valence-corrected chi connectivity index (χ2v) is 7.77. The zero-order chi connectivity index (χ0) is 22.3. The summed E-state index contributed by atoms with van der Waals surface area (Å²) in [6, 6.07) is 24.2. The van der Waals surface area contributed by atoms with Crippen LogP contribution in [-0.4, -0.2) is 20.9 Å². The number of carboxylic acids is 1. The van der Waals surface area contributed by atoms with Crippen LogP contribution in [0.3, 0.4) is 0 Å². The number of hydrogen-bond acceptors (Lipinski definition) is 3. The predicted molar refractivity (Wildman–Crippen MR) is 126 cm³/mol. The Labute approximate surface area is 187 Å². The lowest BCUT2D eigenvalue weighted by molar-refractivity contribution is -0.137. The molecule has 0 saturated heterocycles. The van der Waals surface area contributed by atoms with Gasteiger partial charge in [-0.2, -0.15) is 5.10 Å². The van der Waals surface area contributed by atoms with E-state index >= 15 is 0 Å². The van der Waals surface area contributed by atoms with Crippen molar-refractivity contribution in [1.82, 2.24) is 9.78 Å². The highest BCUT2D eigenvalue weighted by molar-refractivity contribution is 5.79. The van der Waals surface area contributed by atoms with Gasteiger partial charge in [-0.1, -0.05) is 60.7 Å². The Morgan fingerprint density at radius 2 is 1.84 bits per heavy atom. The van der Waals surface area contributed by atoms with Crippen LogP contribution >= 0.6 is 0 Å². The quantitative estimate of drug-likeness (QED) is 0.344. The van der Waals surface area contributed by atoms with Crippen LogP contribution in [0, 0.1) is 0 Å². The average Bonchev–Trinajstić information content (AvgIpc) is 3.20. The number of carboxylic acid groups (broad SMARTS) is 1. The van der Waals surface area contributed by atoms with Gasteiger partial charge in [0.25, 0.3) is 0 Å². The molecular formula is C27H26N2O3. The van der Waals surface area contributed by atoms with E-state index in [9.17, 15) is 4.79 Å². The van der Waals surface area contributed by atoms with E-state index in [4.69, 9.17) is 9.84 Å². The highest BCUT2D eigenvalue weighted by Gasteiger charge is 2.12. The number of ether oxygens (including phenoxy) is 1. The van der Waals surface area contributed by atoms with Gasteiger partial charge in [0.15, 0.2) is 0 Å². The van der Waals surface area contributed by atoms with Crippen LogP contribution in [0.15, 0.2) is 91.1 Å². The van der Waals surface area contributed by atoms with E-state index in [1.54, 1.807) is 0 Å². The number of carbonyl (C=O) groups is 1. The van der Waals surface area contributed by atoms with Gasteiger partial charge in [-0.25, -0.2) is 0 Å². The van der Waals surface area contributed by atoms with Crippen LogP contribution in [0.1, 0.15) is 36.0 Å². The zero-order valence-corrected chi connectivity index (χ0v) is 18.0. The van der Waals surface area contributed by atoms with E-state index in [-0.39, 0.29) is 12.3 Å². The predicted octanol–water partition coefficient (Wildman–Crippen LogP) is 5.80. The molecule has 0 bridgehead atoms. The van der Waals surface area contributed by atoms with Crippen molar-refractivity contribution in [2.24, 2.45) is 0 Å². The fourth-order valence-corrected chi connectivity index (χ4v) is 3.80. The molecule has 0 radical (unpaired) electrons. The number of aromatic nitrogens is 2. The number of aliphatic carboxylic acids is 1. The fraction of sp³-hybridized carbons (Fsp3) is 0.185. The van der Waals surface area contributed by atoms with Gasteiger partial charge in [0, 0.05) is 11.3 Å². The Hall–Kier alpha value is -3.86. The minimum absolute atomic E-state index is 0.0719. The molecule has 0 spiro atoms. The lowest BCUT2D eigenvalue weighted by atomic mass is 9.95. The van der Waals surface area contributed by atoms with Crippen molar-refractivity contribution >= 4 is 16.9 Å². The van der Waals surface area contributed by atoms with Gasteiger partial charge < -0.3 is 9.84 Å². The van der Waals surface area contributed by atoms with Crippen molar-refractivity contribution in [3.63, 3.8) is 0 Å². The fourth-order valence-electron chi connectivity index (χ4n) is 3.80. The Balaban J connectivity index is 1.41. The normalized spacial score (nSPS) is 12.3. The summed E-state index contributed by atoms with van der Waals surface area (Å²) in [5.41, 5.74) is 4.34. The largest absolute Gasteiger partial charge is 0.489 e. The number of allylic oxidation sites excluding steroid dienone is 2. The first-order valence-electron chi connectivity index (χ1n) is 10.7. The topological polar surface area (TPSA) is 64.3 Å². The first-order chi connectivity index (χ1) is 15.6. The van der Waals surface area contributed by atoms with Crippen molar-refractivity contribution in [3.05, 3.63) is 108 Å². The summed E-state index contributed by atoms with van der Waals surface area (Å²) in [5.74, 6) is -0.194. The molecule has 4 aromatic rings. The van der Waals surface area contributed by atoms with Crippen molar-refractivity contribution in [2.75, 3.05) is 0 Å². The average molecular weight is 427 g/mol. The highest BCUT2D eigenvalue weighted by atomic mass is 16.5. The van der Waals surface area contributed by atoms with Crippen molar-refractivity contribution in [3.8, 4) is 5.75 Å². The maximum absolute atomic E-state index is 11.1. The zero-order valence-electron chi connectivity index (χ0n) is 18.0. The van der Waals surface area contributed by atoms with Gasteiger partial charge in [-0.15, -0.1) is 0 Å². The van der Waals surface area contributed by atoms with Gasteiger partial charge in [0.05, 0.1) is 24.7 Å². The van der Waals surface area contributed by atoms with Gasteiger partial charge in [0.1, 0.15) is 12.4 Å². The summed E-state index contributed by atoms with van der Waals surface area (Å²) in [4.78, 5) is 11.1. The van der Waals surface area contributed by atoms with Crippen LogP contribution in [0.5, 0.6) is 5.75 Å². The third-order valence-electron chi connectivity index (χ3n) is 5.41. The van der Waals surface area contributed by atoms with E-state index in [1.165, 1.54) is 5.56 Å². The summed E-state index contributed by atoms with van der Waals surface area (Å²) in [6.45, 7) is 3.09. The maximum Gasteiger partial charge on any atom is 0.304 e. The Kier molecular flexibility index (Phi) is 6.66. The Morgan fingerprint density at radius 1 is 1.06 bits per heavy atom. The molecule has 32 heavy (non-hydrogen) atoms. The number of rotatable bonds is 9. The molecule has 1 aromatic heterocycles. The Morgan fingerprint density at radius 3 is 2.56 bits per heavy atom. The molecule has 0 fully saturated rings. The molecule has 162 valence electrons. The van der Waals surface area contributed by atoms with E-state index in [1.807, 2.05) is 72.4 Å². The molecule has 1 atom stereocenters. The van der Waals surface area contributed by atoms with Crippen molar-refractivity contribution in [1.29, 1.82) is 0 Å². The third kappa shape index (κ3) is 5.24. The number of nitrogens with zero attached hydrogens (tertiary/aromatic N) is 2. The van der Waals surface area contributed by atoms with Gasteiger partial charge in [0.2, 0.25) is 0 Å². The molecule has 0 amide bonds. The SMILES string of the molecule is CC=C[C@H](CC(=O)O)c1ccc(OCc2ccc3c(cnn3Cc3ccccc3)c2)cc1. The molecule has 3 aromatic carbocycles. The lowest BCUT2D eigenvalue weighted by Gasteiger charge is -2.12. The van der Waals surface area contributed by atoms with E-state index in [0.29, 0.717) is 6.61 Å². The number of benzene rings is 3. The van der Waals surface area contributed by atoms with E-state index < -0.39 is 5.97 Å². The Bertz CT molecular complexity index is 1210. The number of hydrogen-bond donors (Lipinski definition) is 1. The van der Waals surface area contributed by atoms with Crippen molar-refractivity contribution in [2.45, 2.75) is 32.4 Å². The van der Waals surface area contributed by atoms with E-state index in [0.717, 1.165) is 34.3 Å². The van der Waals surface area contributed by atoms with Gasteiger partial charge in [-0.3, -0.25) is 9.48 Å². The van der Waals surface area contributed by atoms with Crippen LogP contribution in [0.2, 0.25) is 0 Å². The van der Waals surface area contributed by atoms with E-state index in [2.05, 4.69) is 35.4 Å². The molecule has 1 N–H and O–H groups in total. The second kappa shape index (κ2) is 9.96. The summed E-state index contributed by atoms with van der Waals surface area (Å²) < 4.78 is 7.96. The molecular weight excluding hydrogens is 400 g/mol. The van der Waals surface area contributed by atoms with Crippen LogP contribution < -0.4 is 4.74 Å². The van der Waals surface area contributed by atoms with Crippen molar-refractivity contribution < 1.29 is 14.6 Å². The second-order valence-electron chi connectivity index (χ2n) is 7.77. The van der Waals surface area contributed by atoms with Crippen LogP contribution in [0.25, 0.3) is 10.9 Å². The monoisotopic (exact) mass is 426 g/mol. The third-order valence-corrected chi connectivity index (χ3v) is 5.41. The molecule has 5 heteroatoms. The molecule has 5 nitrogen and oxygen atoms in total. The number of fused-ring (bicyclic) bond motifs is 1. The molecule has 4 rings (SSSR count). The molecule has 0 aliphatic rings. The molecule has 0 aliphatic heterocycles. The lowest BCUT2D eigenvalue weighted by Crippen LogP contribution is -2.04. The molecule has 0 saturated carbocycles. The summed E-state index contributed by atoms with van der Waals surface area (Å²) in [5, 5.41) is 14.7. The molecule has 1 heterocycles. The maximum atomic E-state index is 11.1. The first-order valence-corrected chi connectivity index (χ1v) is 10.7. The van der Waals surface area contributed by atoms with Gasteiger partial charge in [-0.05, 0) is 47.9 Å². The van der Waals surface area contributed by atoms with Gasteiger partial charge >= 0.3 is 5.97 Å². The minimum Gasteiger partial charge on any atom is -0.489 e. The summed E-state index contributed by atoms with van der Waals surface area (Å²) >= 11 is 0. The smallest absolute Gasteiger partial charge is 0.304 e. The first kappa shape index (κ1) is 21.4. The standard InChI is InChI=1S/C27H26N2O3/c1-2-6-23(16-27(30)31)22-10-12-25(13-11-22)32-19-21-9-14-26-24(15-21)17-28-29(26)18-20-7-4-3-5-8-20/h2-15,17,23H,16,18-19H2,1H3,(H,30,31)/t23-/m1/s1. The summed E-state index contributed by atoms with van der Waals surface area (Å²) in [6.07, 6.45) is 5.76. The molecule has 0 unspecified atom stereocenters. The molecule has 0 aliphatic carbocycles.